The highest BCUT2D eigenvalue weighted by Crippen LogP contribution is 2.59. The lowest BCUT2D eigenvalue weighted by atomic mass is 9.61. The van der Waals surface area contributed by atoms with E-state index < -0.39 is 12.2 Å². The average Bonchev–Trinajstić information content (AvgIpc) is 3.00. The normalized spacial score (nSPS) is 38.3. The third-order valence-electron chi connectivity index (χ3n) is 7.58. The molecule has 0 aromatic carbocycles. The van der Waals surface area contributed by atoms with Gasteiger partial charge in [-0.1, -0.05) is 55.6 Å². The molecule has 2 nitrogen and oxygen atoms in total. The fourth-order valence-corrected chi connectivity index (χ4v) is 5.98. The Morgan fingerprint density at radius 3 is 2.72 bits per heavy atom. The Morgan fingerprint density at radius 2 is 2.00 bits per heavy atom. The van der Waals surface area contributed by atoms with E-state index in [2.05, 4.69) is 58.3 Å². The molecule has 2 heteroatoms. The van der Waals surface area contributed by atoms with Crippen LogP contribution in [-0.4, -0.2) is 22.4 Å². The van der Waals surface area contributed by atoms with Gasteiger partial charge in [0.05, 0.1) is 12.2 Å². The van der Waals surface area contributed by atoms with E-state index in [-0.39, 0.29) is 0 Å². The van der Waals surface area contributed by atoms with E-state index in [4.69, 9.17) is 0 Å². The molecule has 0 aliphatic heterocycles. The van der Waals surface area contributed by atoms with E-state index in [1.54, 1.807) is 5.57 Å². The van der Waals surface area contributed by atoms with Crippen molar-refractivity contribution in [2.45, 2.75) is 84.8 Å². The van der Waals surface area contributed by atoms with Crippen LogP contribution < -0.4 is 0 Å². The molecule has 0 heterocycles. The summed E-state index contributed by atoms with van der Waals surface area (Å²) in [5.74, 6) is 8.47. The summed E-state index contributed by atoms with van der Waals surface area (Å²) in [5, 5.41) is 20.1. The molecule has 0 unspecified atom stereocenters. The first-order valence-electron chi connectivity index (χ1n) is 11.3. The SMILES string of the molecule is C=C1/C(=C\C=C2/CCC[C@]3(C)[C@@H]([C@H](C)C#CC=C(C)C)CC[C@@H]23)C[C@@H](O)C[C@@H]1O. The third-order valence-corrected chi connectivity index (χ3v) is 7.58. The smallest absolute Gasteiger partial charge is 0.0811 e. The second-order valence-corrected chi connectivity index (χ2v) is 9.96. The van der Waals surface area contributed by atoms with E-state index in [9.17, 15) is 10.2 Å². The number of aliphatic hydroxyl groups excluding tert-OH is 2. The molecule has 0 bridgehead atoms. The summed E-state index contributed by atoms with van der Waals surface area (Å²) in [6.45, 7) is 13.0. The lowest BCUT2D eigenvalue weighted by Gasteiger charge is -2.43. The van der Waals surface area contributed by atoms with Crippen molar-refractivity contribution in [3.63, 3.8) is 0 Å². The van der Waals surface area contributed by atoms with Crippen LogP contribution in [0.5, 0.6) is 0 Å². The largest absolute Gasteiger partial charge is 0.393 e. The summed E-state index contributed by atoms with van der Waals surface area (Å²) in [6, 6.07) is 0. The molecular weight excluding hydrogens is 356 g/mol. The van der Waals surface area contributed by atoms with Gasteiger partial charge in [-0.05, 0) is 86.8 Å². The highest BCUT2D eigenvalue weighted by molar-refractivity contribution is 5.38. The first kappa shape index (κ1) is 22.1. The van der Waals surface area contributed by atoms with Gasteiger partial charge in [0.25, 0.3) is 0 Å². The fraction of sp³-hybridized carbons (Fsp3) is 0.630. The average molecular weight is 395 g/mol. The van der Waals surface area contributed by atoms with Crippen LogP contribution in [0, 0.1) is 35.0 Å². The zero-order valence-corrected chi connectivity index (χ0v) is 18.7. The molecule has 0 spiro atoms. The number of hydrogen-bond donors (Lipinski definition) is 2. The van der Waals surface area contributed by atoms with Gasteiger partial charge >= 0.3 is 0 Å². The molecule has 3 aliphatic rings. The van der Waals surface area contributed by atoms with Crippen LogP contribution in [0.4, 0.5) is 0 Å². The van der Waals surface area contributed by atoms with E-state index in [0.717, 1.165) is 17.6 Å². The lowest BCUT2D eigenvalue weighted by Crippen LogP contribution is -2.35. The van der Waals surface area contributed by atoms with Gasteiger partial charge in [-0.3, -0.25) is 0 Å². The Labute approximate surface area is 177 Å². The van der Waals surface area contributed by atoms with Gasteiger partial charge in [0.2, 0.25) is 0 Å². The second-order valence-electron chi connectivity index (χ2n) is 9.96. The van der Waals surface area contributed by atoms with Gasteiger partial charge in [-0.2, -0.15) is 0 Å². The molecule has 0 saturated heterocycles. The number of hydrogen-bond acceptors (Lipinski definition) is 2. The highest BCUT2D eigenvalue weighted by Gasteiger charge is 2.50. The zero-order valence-electron chi connectivity index (χ0n) is 18.7. The van der Waals surface area contributed by atoms with E-state index in [0.29, 0.717) is 36.0 Å². The summed E-state index contributed by atoms with van der Waals surface area (Å²) in [6.07, 6.45) is 12.5. The quantitative estimate of drug-likeness (QED) is 0.587. The van der Waals surface area contributed by atoms with Crippen molar-refractivity contribution >= 4 is 0 Å². The molecule has 3 rings (SSSR count). The topological polar surface area (TPSA) is 40.5 Å². The molecule has 0 amide bonds. The molecular formula is C27H38O2. The van der Waals surface area contributed by atoms with Crippen LogP contribution in [-0.2, 0) is 0 Å². The van der Waals surface area contributed by atoms with Crippen molar-refractivity contribution in [2.75, 3.05) is 0 Å². The number of allylic oxidation sites excluding steroid dienone is 5. The predicted molar refractivity (Wildman–Crippen MR) is 121 cm³/mol. The molecule has 0 aromatic rings. The summed E-state index contributed by atoms with van der Waals surface area (Å²) < 4.78 is 0. The third kappa shape index (κ3) is 4.79. The molecule has 29 heavy (non-hydrogen) atoms. The summed E-state index contributed by atoms with van der Waals surface area (Å²) in [7, 11) is 0. The standard InChI is InChI=1S/C27H38O2/c1-18(2)8-6-9-19(3)24-13-14-25-21(10-7-15-27(24,25)5)11-12-22-16-23(28)17-26(29)20(22)4/h8,11-12,19,23-26,28-29H,4,7,10,13-17H2,1-3,5H3/b21-11+,22-12-/t19-,23-,24-,25+,26+,27-/m1/s1. The zero-order chi connectivity index (χ0) is 21.2. The minimum absolute atomic E-state index is 0.324. The minimum atomic E-state index is -0.615. The van der Waals surface area contributed by atoms with Crippen LogP contribution in [0.3, 0.4) is 0 Å². The van der Waals surface area contributed by atoms with Crippen LogP contribution in [0.2, 0.25) is 0 Å². The number of aliphatic hydroxyl groups is 2. The molecule has 6 atom stereocenters. The van der Waals surface area contributed by atoms with Gasteiger partial charge < -0.3 is 10.2 Å². The minimum Gasteiger partial charge on any atom is -0.393 e. The molecule has 3 fully saturated rings. The van der Waals surface area contributed by atoms with Gasteiger partial charge in [0, 0.05) is 12.3 Å². The summed E-state index contributed by atoms with van der Waals surface area (Å²) >= 11 is 0. The lowest BCUT2D eigenvalue weighted by molar-refractivity contribution is 0.0862. The predicted octanol–water partition coefficient (Wildman–Crippen LogP) is 5.73. The molecule has 0 radical (unpaired) electrons. The van der Waals surface area contributed by atoms with Crippen molar-refractivity contribution in [3.8, 4) is 11.8 Å². The Bertz CT molecular complexity index is 783. The van der Waals surface area contributed by atoms with Crippen molar-refractivity contribution < 1.29 is 10.2 Å². The van der Waals surface area contributed by atoms with Crippen LogP contribution in [0.25, 0.3) is 0 Å². The van der Waals surface area contributed by atoms with Crippen molar-refractivity contribution in [3.05, 3.63) is 47.1 Å². The number of fused-ring (bicyclic) bond motifs is 1. The van der Waals surface area contributed by atoms with E-state index in [1.165, 1.54) is 31.3 Å². The molecule has 158 valence electrons. The van der Waals surface area contributed by atoms with Crippen LogP contribution in [0.15, 0.2) is 47.1 Å². The van der Waals surface area contributed by atoms with Crippen LogP contribution in [0.1, 0.15) is 72.6 Å². The van der Waals surface area contributed by atoms with Gasteiger partial charge in [0.1, 0.15) is 0 Å². The fourth-order valence-electron chi connectivity index (χ4n) is 5.98. The Kier molecular flexibility index (Phi) is 6.92. The molecule has 3 saturated carbocycles. The molecule has 3 aliphatic carbocycles. The van der Waals surface area contributed by atoms with Gasteiger partial charge in [-0.25, -0.2) is 0 Å². The van der Waals surface area contributed by atoms with Crippen molar-refractivity contribution in [2.24, 2.45) is 23.2 Å². The summed E-state index contributed by atoms with van der Waals surface area (Å²) in [4.78, 5) is 0. The number of rotatable bonds is 2. The van der Waals surface area contributed by atoms with Gasteiger partial charge in [0.15, 0.2) is 0 Å². The second kappa shape index (κ2) is 9.07. The van der Waals surface area contributed by atoms with Crippen molar-refractivity contribution in [1.82, 2.24) is 0 Å². The Morgan fingerprint density at radius 1 is 1.24 bits per heavy atom. The van der Waals surface area contributed by atoms with Gasteiger partial charge in [-0.15, -0.1) is 0 Å². The monoisotopic (exact) mass is 394 g/mol. The van der Waals surface area contributed by atoms with E-state index >= 15 is 0 Å². The maximum absolute atomic E-state index is 10.1. The molecule has 0 aromatic heterocycles. The summed E-state index contributed by atoms with van der Waals surface area (Å²) in [5.41, 5.74) is 4.91. The first-order valence-corrected chi connectivity index (χ1v) is 11.3. The molecule has 2 N–H and O–H groups in total. The first-order chi connectivity index (χ1) is 13.7. The highest BCUT2D eigenvalue weighted by atomic mass is 16.3. The Hall–Kier alpha value is -1.56. The van der Waals surface area contributed by atoms with E-state index in [1.807, 2.05) is 6.08 Å². The van der Waals surface area contributed by atoms with Crippen LogP contribution >= 0.6 is 0 Å². The Balaban J connectivity index is 1.80. The maximum atomic E-state index is 10.1. The maximum Gasteiger partial charge on any atom is 0.0811 e. The van der Waals surface area contributed by atoms with Crippen molar-refractivity contribution in [1.29, 1.82) is 0 Å².